The molecule has 0 spiro atoms. The maximum atomic E-state index is 12.9. The quantitative estimate of drug-likeness (QED) is 0.0987. The van der Waals surface area contributed by atoms with Gasteiger partial charge in [-0.1, -0.05) is 36.8 Å². The van der Waals surface area contributed by atoms with E-state index in [1.807, 2.05) is 25.2 Å². The Balaban J connectivity index is 1.87. The summed E-state index contributed by atoms with van der Waals surface area (Å²) in [5.41, 5.74) is 7.11. The van der Waals surface area contributed by atoms with E-state index in [1.165, 1.54) is 29.2 Å². The maximum Gasteiger partial charge on any atom is 0.433 e. The van der Waals surface area contributed by atoms with Crippen LogP contribution in [0.25, 0.3) is 5.52 Å². The lowest BCUT2D eigenvalue weighted by Gasteiger charge is -2.17. The molecule has 15 heteroatoms. The number of hydrogen-bond donors (Lipinski definition) is 4. The summed E-state index contributed by atoms with van der Waals surface area (Å²) in [6.45, 7) is 4.02. The van der Waals surface area contributed by atoms with Crippen molar-refractivity contribution < 1.29 is 31.1 Å². The molecule has 0 aliphatic rings. The van der Waals surface area contributed by atoms with Crippen LogP contribution in [0.1, 0.15) is 54.7 Å². The molecule has 1 unspecified atom stereocenters. The molecule has 5 N–H and O–H groups in total. The van der Waals surface area contributed by atoms with Gasteiger partial charge < -0.3 is 21.7 Å². The second-order valence-electron chi connectivity index (χ2n) is 9.20. The molecule has 3 rings (SSSR count). The molecule has 0 saturated carbocycles. The molecule has 226 valence electrons. The molecular formula is C27H30F6N8O. The predicted molar refractivity (Wildman–Crippen MR) is 146 cm³/mol. The van der Waals surface area contributed by atoms with E-state index in [9.17, 15) is 31.1 Å². The molecule has 1 atom stereocenters. The molecule has 0 bridgehead atoms. The number of nitrogens with zero attached hydrogens (tertiary/aromatic N) is 4. The molecule has 0 aromatic carbocycles. The van der Waals surface area contributed by atoms with Gasteiger partial charge in [0.2, 0.25) is 0 Å². The average Bonchev–Trinajstić information content (AvgIpc) is 3.30. The minimum absolute atomic E-state index is 0.0396. The summed E-state index contributed by atoms with van der Waals surface area (Å²) in [4.78, 5) is 20.5. The fraction of sp³-hybridized carbons (Fsp3) is 0.333. The SMILES string of the molecule is CC/C=C(/C)C(C=C/C=C(\C)NCNc1cccc(C(F)(F)F)n1)c1c(C(=O)NCC(F)(F)F)cn2ncnc(N)c12. The Morgan fingerprint density at radius 1 is 1.14 bits per heavy atom. The molecule has 0 aliphatic carbocycles. The van der Waals surface area contributed by atoms with Crippen molar-refractivity contribution in [1.29, 1.82) is 0 Å². The number of alkyl halides is 6. The fourth-order valence-electron chi connectivity index (χ4n) is 4.09. The highest BCUT2D eigenvalue weighted by atomic mass is 19.4. The molecule has 0 aliphatic heterocycles. The lowest BCUT2D eigenvalue weighted by Crippen LogP contribution is -2.34. The molecule has 0 fully saturated rings. The first-order valence-electron chi connectivity index (χ1n) is 12.7. The third-order valence-electron chi connectivity index (χ3n) is 5.99. The predicted octanol–water partition coefficient (Wildman–Crippen LogP) is 5.58. The lowest BCUT2D eigenvalue weighted by molar-refractivity contribution is -0.141. The van der Waals surface area contributed by atoms with Crippen LogP contribution in [0.15, 0.2) is 66.3 Å². The zero-order chi connectivity index (χ0) is 31.1. The topological polar surface area (TPSA) is 122 Å². The van der Waals surface area contributed by atoms with Crippen molar-refractivity contribution in [1.82, 2.24) is 30.2 Å². The van der Waals surface area contributed by atoms with Gasteiger partial charge in [0, 0.05) is 23.4 Å². The van der Waals surface area contributed by atoms with Crippen molar-refractivity contribution in [2.24, 2.45) is 0 Å². The van der Waals surface area contributed by atoms with Crippen LogP contribution in [-0.2, 0) is 6.18 Å². The van der Waals surface area contributed by atoms with Gasteiger partial charge in [0.25, 0.3) is 5.91 Å². The van der Waals surface area contributed by atoms with Gasteiger partial charge >= 0.3 is 12.4 Å². The highest BCUT2D eigenvalue weighted by Crippen LogP contribution is 2.35. The Hall–Kier alpha value is -4.56. The van der Waals surface area contributed by atoms with E-state index in [4.69, 9.17) is 5.73 Å². The number of pyridine rings is 1. The minimum atomic E-state index is -4.60. The van der Waals surface area contributed by atoms with Crippen molar-refractivity contribution in [2.75, 3.05) is 24.3 Å². The summed E-state index contributed by atoms with van der Waals surface area (Å²) in [7, 11) is 0. The van der Waals surface area contributed by atoms with Crippen LogP contribution in [-0.4, -0.2) is 44.9 Å². The molecule has 3 aromatic rings. The molecule has 3 heterocycles. The molecule has 3 aromatic heterocycles. The number of allylic oxidation sites excluding steroid dienone is 6. The molecule has 0 radical (unpaired) electrons. The fourth-order valence-corrected chi connectivity index (χ4v) is 4.09. The number of nitrogen functional groups attached to an aromatic ring is 1. The molecular weight excluding hydrogens is 566 g/mol. The Labute approximate surface area is 237 Å². The third kappa shape index (κ3) is 8.47. The van der Waals surface area contributed by atoms with E-state index in [-0.39, 0.29) is 29.4 Å². The number of carbonyl (C=O) groups excluding carboxylic acids is 1. The van der Waals surface area contributed by atoms with Gasteiger partial charge in [0.05, 0.1) is 12.2 Å². The summed E-state index contributed by atoms with van der Waals surface area (Å²) >= 11 is 0. The van der Waals surface area contributed by atoms with Gasteiger partial charge in [-0.2, -0.15) is 31.4 Å². The van der Waals surface area contributed by atoms with Crippen LogP contribution in [0.2, 0.25) is 0 Å². The number of nitrogens with two attached hydrogens (primary N) is 1. The monoisotopic (exact) mass is 596 g/mol. The van der Waals surface area contributed by atoms with Crippen LogP contribution >= 0.6 is 0 Å². The normalized spacial score (nSPS) is 13.9. The summed E-state index contributed by atoms with van der Waals surface area (Å²) in [5.74, 6) is -1.46. The summed E-state index contributed by atoms with van der Waals surface area (Å²) in [6, 6.07) is 3.53. The number of halogens is 6. The van der Waals surface area contributed by atoms with Gasteiger partial charge in [-0.05, 0) is 38.5 Å². The largest absolute Gasteiger partial charge is 0.433 e. The number of fused-ring (bicyclic) bond motifs is 1. The van der Waals surface area contributed by atoms with Gasteiger partial charge in [-0.3, -0.25) is 4.79 Å². The Morgan fingerprint density at radius 2 is 1.88 bits per heavy atom. The molecule has 0 saturated heterocycles. The number of aromatic nitrogens is 4. The lowest BCUT2D eigenvalue weighted by atomic mass is 9.88. The first kappa shape index (κ1) is 32.0. The third-order valence-corrected chi connectivity index (χ3v) is 5.99. The van der Waals surface area contributed by atoms with Crippen LogP contribution in [0.3, 0.4) is 0 Å². The van der Waals surface area contributed by atoms with Crippen LogP contribution in [0.5, 0.6) is 0 Å². The van der Waals surface area contributed by atoms with Crippen molar-refractivity contribution in [2.45, 2.75) is 45.5 Å². The summed E-state index contributed by atoms with van der Waals surface area (Å²) in [6.07, 6.45) is 0.996. The van der Waals surface area contributed by atoms with Crippen molar-refractivity contribution >= 4 is 23.1 Å². The van der Waals surface area contributed by atoms with Crippen LogP contribution in [0, 0.1) is 0 Å². The second kappa shape index (κ2) is 13.4. The van der Waals surface area contributed by atoms with E-state index in [1.54, 1.807) is 25.2 Å². The van der Waals surface area contributed by atoms with Crippen molar-refractivity contribution in [3.05, 3.63) is 83.1 Å². The highest BCUT2D eigenvalue weighted by Gasteiger charge is 2.33. The molecule has 1 amide bonds. The van der Waals surface area contributed by atoms with E-state index >= 15 is 0 Å². The average molecular weight is 597 g/mol. The number of carbonyl (C=O) groups is 1. The van der Waals surface area contributed by atoms with Gasteiger partial charge in [0.15, 0.2) is 5.82 Å². The number of anilines is 2. The van der Waals surface area contributed by atoms with E-state index in [2.05, 4.69) is 25.7 Å². The number of nitrogens with one attached hydrogen (secondary N) is 3. The first-order valence-corrected chi connectivity index (χ1v) is 12.7. The van der Waals surface area contributed by atoms with Gasteiger partial charge in [-0.15, -0.1) is 0 Å². The van der Waals surface area contributed by atoms with Crippen molar-refractivity contribution in [3.63, 3.8) is 0 Å². The van der Waals surface area contributed by atoms with Gasteiger partial charge in [0.1, 0.15) is 29.9 Å². The number of hydrogen-bond acceptors (Lipinski definition) is 7. The number of rotatable bonds is 11. The van der Waals surface area contributed by atoms with E-state index in [0.29, 0.717) is 17.7 Å². The molecule has 9 nitrogen and oxygen atoms in total. The summed E-state index contributed by atoms with van der Waals surface area (Å²) in [5, 5.41) is 11.7. The van der Waals surface area contributed by atoms with E-state index in [0.717, 1.165) is 11.6 Å². The zero-order valence-electron chi connectivity index (χ0n) is 22.9. The van der Waals surface area contributed by atoms with Crippen LogP contribution in [0.4, 0.5) is 38.0 Å². The maximum absolute atomic E-state index is 12.9. The smallest absolute Gasteiger partial charge is 0.382 e. The molecule has 42 heavy (non-hydrogen) atoms. The standard InChI is InChI=1S/C27H30F6N8O/c1-4-7-16(2)18(9-5-8-17(3)36-14-37-21-11-6-10-20(40-21)27(31,32)33)22-19(25(42)35-13-26(28,29)30)12-41-23(22)24(34)38-15-39-41/h5-12,15,18,36H,4,13-14H2,1-3H3,(H,35,42)(H,37,40)(H2,34,38,39)/b9-5?,16-7-,17-8+. The summed E-state index contributed by atoms with van der Waals surface area (Å²) < 4.78 is 78.4. The Bertz CT molecular complexity index is 1490. The van der Waals surface area contributed by atoms with Crippen molar-refractivity contribution in [3.8, 4) is 0 Å². The van der Waals surface area contributed by atoms with Gasteiger partial charge in [-0.25, -0.2) is 14.5 Å². The minimum Gasteiger partial charge on any atom is -0.382 e. The second-order valence-corrected chi connectivity index (χ2v) is 9.20. The number of amides is 1. The Morgan fingerprint density at radius 3 is 2.55 bits per heavy atom. The Kier molecular flexibility index (Phi) is 10.2. The highest BCUT2D eigenvalue weighted by molar-refractivity contribution is 5.99. The zero-order valence-corrected chi connectivity index (χ0v) is 22.9. The van der Waals surface area contributed by atoms with Crippen LogP contribution < -0.4 is 21.7 Å². The first-order chi connectivity index (χ1) is 19.7. The van der Waals surface area contributed by atoms with E-state index < -0.39 is 36.4 Å².